The molecule has 0 aromatic carbocycles. The van der Waals surface area contributed by atoms with Crippen molar-refractivity contribution in [3.05, 3.63) is 44.7 Å². The van der Waals surface area contributed by atoms with Crippen LogP contribution in [0.3, 0.4) is 0 Å². The molecule has 0 unspecified atom stereocenters. The number of hydrogen-bond acceptors (Lipinski definition) is 9. The van der Waals surface area contributed by atoms with Crippen LogP contribution in [0.1, 0.15) is 24.0 Å². The number of anilines is 1. The van der Waals surface area contributed by atoms with Gasteiger partial charge in [-0.3, -0.25) is 23.8 Å². The number of rotatable bonds is 10. The summed E-state index contributed by atoms with van der Waals surface area (Å²) in [4.78, 5) is 35.7. The van der Waals surface area contributed by atoms with Crippen LogP contribution in [0.5, 0.6) is 0 Å². The maximum Gasteiger partial charge on any atom is 0.267 e. The Morgan fingerprint density at radius 2 is 2.06 bits per heavy atom. The maximum atomic E-state index is 13.5. The molecule has 0 atom stereocenters. The molecule has 11 heteroatoms. The second kappa shape index (κ2) is 12.1. The Bertz CT molecular complexity index is 1180. The normalized spacial score (nSPS) is 18.2. The number of morpholine rings is 1. The average Bonchev–Trinajstić information content (AvgIpc) is 3.12. The Labute approximate surface area is 214 Å². The van der Waals surface area contributed by atoms with Crippen molar-refractivity contribution < 1.29 is 14.3 Å². The quantitative estimate of drug-likeness (QED) is 0.290. The average molecular weight is 518 g/mol. The molecule has 2 saturated heterocycles. The molecule has 0 radical (unpaired) electrons. The first kappa shape index (κ1) is 25.8. The first-order valence-electron chi connectivity index (χ1n) is 11.8. The van der Waals surface area contributed by atoms with Gasteiger partial charge in [-0.1, -0.05) is 30.0 Å². The van der Waals surface area contributed by atoms with Crippen molar-refractivity contribution in [3.63, 3.8) is 0 Å². The molecule has 1 amide bonds. The number of thiocarbonyl (C=S) groups is 1. The van der Waals surface area contributed by atoms with Gasteiger partial charge in [-0.05, 0) is 44.0 Å². The van der Waals surface area contributed by atoms with Crippen LogP contribution in [-0.2, 0) is 14.3 Å². The van der Waals surface area contributed by atoms with E-state index in [9.17, 15) is 9.59 Å². The van der Waals surface area contributed by atoms with Crippen molar-refractivity contribution in [1.29, 1.82) is 0 Å². The van der Waals surface area contributed by atoms with Gasteiger partial charge in [0, 0.05) is 46.1 Å². The molecule has 35 heavy (non-hydrogen) atoms. The van der Waals surface area contributed by atoms with Gasteiger partial charge < -0.3 is 14.8 Å². The Morgan fingerprint density at radius 1 is 1.26 bits per heavy atom. The highest BCUT2D eigenvalue weighted by Crippen LogP contribution is 2.33. The third-order valence-electron chi connectivity index (χ3n) is 6.01. The highest BCUT2D eigenvalue weighted by atomic mass is 32.2. The van der Waals surface area contributed by atoms with Gasteiger partial charge in [-0.25, -0.2) is 4.98 Å². The van der Waals surface area contributed by atoms with E-state index in [4.69, 9.17) is 26.7 Å². The van der Waals surface area contributed by atoms with E-state index in [0.717, 1.165) is 44.8 Å². The van der Waals surface area contributed by atoms with E-state index < -0.39 is 0 Å². The number of nitrogens with zero attached hydrogens (tertiary/aromatic N) is 4. The number of amides is 1. The van der Waals surface area contributed by atoms with Crippen molar-refractivity contribution in [2.45, 2.75) is 19.8 Å². The van der Waals surface area contributed by atoms with Gasteiger partial charge in [-0.15, -0.1) is 0 Å². The predicted molar refractivity (Wildman–Crippen MR) is 143 cm³/mol. The number of nitrogens with one attached hydrogen (secondary N) is 1. The van der Waals surface area contributed by atoms with Gasteiger partial charge in [0.15, 0.2) is 0 Å². The molecule has 4 rings (SSSR count). The van der Waals surface area contributed by atoms with Gasteiger partial charge in [0.1, 0.15) is 15.8 Å². The first-order valence-corrected chi connectivity index (χ1v) is 13.0. The fraction of sp³-hybridized carbons (Fsp3) is 0.500. The number of methoxy groups -OCH3 is 1. The monoisotopic (exact) mass is 517 g/mol. The highest BCUT2D eigenvalue weighted by Gasteiger charge is 2.32. The van der Waals surface area contributed by atoms with E-state index in [-0.39, 0.29) is 11.5 Å². The van der Waals surface area contributed by atoms with Crippen LogP contribution in [0.25, 0.3) is 11.7 Å². The number of pyridine rings is 1. The van der Waals surface area contributed by atoms with Crippen LogP contribution in [0, 0.1) is 6.92 Å². The Balaban J connectivity index is 1.59. The zero-order valence-electron chi connectivity index (χ0n) is 20.1. The minimum Gasteiger partial charge on any atom is -0.385 e. The first-order chi connectivity index (χ1) is 17.0. The predicted octanol–water partition coefficient (Wildman–Crippen LogP) is 2.37. The van der Waals surface area contributed by atoms with E-state index in [2.05, 4.69) is 10.2 Å². The van der Waals surface area contributed by atoms with E-state index in [1.165, 1.54) is 16.2 Å². The van der Waals surface area contributed by atoms with E-state index >= 15 is 0 Å². The van der Waals surface area contributed by atoms with Crippen LogP contribution in [-0.4, -0.2) is 89.1 Å². The molecule has 0 spiro atoms. The molecule has 9 nitrogen and oxygen atoms in total. The number of thioether (sulfide) groups is 1. The van der Waals surface area contributed by atoms with Crippen LogP contribution in [0.2, 0.25) is 0 Å². The molecule has 2 aliphatic heterocycles. The molecule has 188 valence electrons. The smallest absolute Gasteiger partial charge is 0.267 e. The number of hydrogen-bond donors (Lipinski definition) is 1. The summed E-state index contributed by atoms with van der Waals surface area (Å²) in [6.07, 6.45) is 4.92. The number of ether oxygens (including phenoxy) is 2. The van der Waals surface area contributed by atoms with Crippen LogP contribution >= 0.6 is 24.0 Å². The standard InChI is InChI=1S/C24H31N5O4S2/c1-17-6-3-9-28-21(17)26-20(25-7-4-8-27-11-14-33-15-12-27)18(22(28)30)16-19-23(31)29(24(34)35-19)10-5-13-32-2/h3,6,9,16,25H,4-5,7-8,10-15H2,1-2H3/b19-16-. The number of aryl methyl sites for hydroxylation is 1. The summed E-state index contributed by atoms with van der Waals surface area (Å²) in [6.45, 7) is 7.96. The molecule has 2 aromatic rings. The van der Waals surface area contributed by atoms with E-state index in [0.29, 0.717) is 52.4 Å². The van der Waals surface area contributed by atoms with Gasteiger partial charge >= 0.3 is 0 Å². The third kappa shape index (κ3) is 6.10. The Morgan fingerprint density at radius 3 is 2.83 bits per heavy atom. The Hall–Kier alpha value is -2.31. The minimum absolute atomic E-state index is 0.192. The van der Waals surface area contributed by atoms with E-state index in [1.54, 1.807) is 24.3 Å². The molecular formula is C24H31N5O4S2. The van der Waals surface area contributed by atoms with Crippen molar-refractivity contribution in [1.82, 2.24) is 19.2 Å². The largest absolute Gasteiger partial charge is 0.385 e. The summed E-state index contributed by atoms with van der Waals surface area (Å²) >= 11 is 6.64. The van der Waals surface area contributed by atoms with Gasteiger partial charge in [0.05, 0.1) is 23.7 Å². The number of fused-ring (bicyclic) bond motifs is 1. The molecule has 2 aliphatic rings. The number of aromatic nitrogens is 2. The molecule has 1 N–H and O–H groups in total. The molecule has 0 bridgehead atoms. The number of carbonyl (C=O) groups excluding carboxylic acids is 1. The summed E-state index contributed by atoms with van der Waals surface area (Å²) in [5.41, 5.74) is 1.63. The maximum absolute atomic E-state index is 13.5. The second-order valence-corrected chi connectivity index (χ2v) is 10.2. The van der Waals surface area contributed by atoms with Gasteiger partial charge in [-0.2, -0.15) is 0 Å². The molecule has 2 aromatic heterocycles. The summed E-state index contributed by atoms with van der Waals surface area (Å²) in [6, 6.07) is 3.74. The summed E-state index contributed by atoms with van der Waals surface area (Å²) in [7, 11) is 1.63. The lowest BCUT2D eigenvalue weighted by Gasteiger charge is -2.26. The lowest BCUT2D eigenvalue weighted by atomic mass is 10.2. The third-order valence-corrected chi connectivity index (χ3v) is 7.39. The lowest BCUT2D eigenvalue weighted by molar-refractivity contribution is -0.122. The van der Waals surface area contributed by atoms with Crippen molar-refractivity contribution in [2.24, 2.45) is 0 Å². The second-order valence-electron chi connectivity index (χ2n) is 8.48. The van der Waals surface area contributed by atoms with Crippen molar-refractivity contribution >= 4 is 51.7 Å². The van der Waals surface area contributed by atoms with Crippen LogP contribution in [0.4, 0.5) is 5.82 Å². The van der Waals surface area contributed by atoms with Gasteiger partial charge in [0.25, 0.3) is 11.5 Å². The zero-order chi connectivity index (χ0) is 24.8. The summed E-state index contributed by atoms with van der Waals surface area (Å²) in [5, 5.41) is 3.36. The SMILES string of the molecule is COCCCN1C(=O)/C(=C/c2c(NCCCN3CCOCC3)nc3c(C)cccn3c2=O)SC1=S. The van der Waals surface area contributed by atoms with Gasteiger partial charge in [0.2, 0.25) is 0 Å². The molecule has 0 aliphatic carbocycles. The molecule has 0 saturated carbocycles. The van der Waals surface area contributed by atoms with Crippen LogP contribution < -0.4 is 10.9 Å². The van der Waals surface area contributed by atoms with Crippen molar-refractivity contribution in [3.8, 4) is 0 Å². The Kier molecular flexibility index (Phi) is 8.90. The highest BCUT2D eigenvalue weighted by molar-refractivity contribution is 8.26. The van der Waals surface area contributed by atoms with Crippen LogP contribution in [0.15, 0.2) is 28.0 Å². The molecular weight excluding hydrogens is 486 g/mol. The minimum atomic E-state index is -0.223. The number of carbonyl (C=O) groups is 1. The van der Waals surface area contributed by atoms with Crippen molar-refractivity contribution in [2.75, 3.05) is 65.0 Å². The lowest BCUT2D eigenvalue weighted by Crippen LogP contribution is -2.37. The molecule has 4 heterocycles. The molecule has 2 fully saturated rings. The fourth-order valence-corrected chi connectivity index (χ4v) is 5.39. The summed E-state index contributed by atoms with van der Waals surface area (Å²) < 4.78 is 12.5. The summed E-state index contributed by atoms with van der Waals surface area (Å²) in [5.74, 6) is 0.291. The van der Waals surface area contributed by atoms with E-state index in [1.807, 2.05) is 19.1 Å². The topological polar surface area (TPSA) is 88.4 Å². The zero-order valence-corrected chi connectivity index (χ0v) is 21.8. The fourth-order valence-electron chi connectivity index (χ4n) is 4.10.